The van der Waals surface area contributed by atoms with E-state index in [1.807, 2.05) is 6.26 Å². The van der Waals surface area contributed by atoms with Crippen molar-refractivity contribution in [2.45, 2.75) is 24.4 Å². The van der Waals surface area contributed by atoms with Crippen LogP contribution in [-0.4, -0.2) is 27.7 Å². The van der Waals surface area contributed by atoms with Crippen molar-refractivity contribution >= 4 is 11.8 Å². The van der Waals surface area contributed by atoms with Crippen LogP contribution in [0.4, 0.5) is 4.39 Å². The van der Waals surface area contributed by atoms with Gasteiger partial charge < -0.3 is 0 Å². The standard InChI is InChI=1S/C9H14FN3OS/c1-9(2,5-10)6-7(14)13(3)8(15-4)12-11-6/h5H2,1-4H3. The van der Waals surface area contributed by atoms with Gasteiger partial charge in [0.1, 0.15) is 12.4 Å². The maximum Gasteiger partial charge on any atom is 0.276 e. The zero-order valence-corrected chi connectivity index (χ0v) is 10.1. The second kappa shape index (κ2) is 4.30. The van der Waals surface area contributed by atoms with Gasteiger partial charge in [-0.3, -0.25) is 13.8 Å². The second-order valence-corrected chi connectivity index (χ2v) is 4.69. The fraction of sp³-hybridized carbons (Fsp3) is 0.667. The smallest absolute Gasteiger partial charge is 0.276 e. The molecule has 0 radical (unpaired) electrons. The van der Waals surface area contributed by atoms with Gasteiger partial charge in [-0.05, 0) is 6.26 Å². The zero-order valence-electron chi connectivity index (χ0n) is 9.24. The van der Waals surface area contributed by atoms with Crippen LogP contribution in [0.3, 0.4) is 0 Å². The first-order valence-corrected chi connectivity index (χ1v) is 5.70. The van der Waals surface area contributed by atoms with Gasteiger partial charge in [0.15, 0.2) is 5.16 Å². The second-order valence-electron chi connectivity index (χ2n) is 3.92. The summed E-state index contributed by atoms with van der Waals surface area (Å²) >= 11 is 1.33. The number of alkyl halides is 1. The van der Waals surface area contributed by atoms with E-state index in [9.17, 15) is 9.18 Å². The number of hydrogen-bond acceptors (Lipinski definition) is 4. The summed E-state index contributed by atoms with van der Waals surface area (Å²) in [6, 6.07) is 0. The molecule has 1 rings (SSSR count). The maximum atomic E-state index is 12.7. The highest BCUT2D eigenvalue weighted by atomic mass is 32.2. The van der Waals surface area contributed by atoms with Crippen molar-refractivity contribution in [3.8, 4) is 0 Å². The first-order valence-electron chi connectivity index (χ1n) is 4.48. The summed E-state index contributed by atoms with van der Waals surface area (Å²) in [5.41, 5.74) is -0.985. The van der Waals surface area contributed by atoms with E-state index < -0.39 is 12.1 Å². The first kappa shape index (κ1) is 12.2. The number of halogens is 1. The molecular weight excluding hydrogens is 217 g/mol. The van der Waals surface area contributed by atoms with Gasteiger partial charge in [-0.1, -0.05) is 25.6 Å². The first-order chi connectivity index (χ1) is 6.94. The molecule has 6 heteroatoms. The molecule has 4 nitrogen and oxygen atoms in total. The number of nitrogens with zero attached hydrogens (tertiary/aromatic N) is 3. The normalized spacial score (nSPS) is 11.8. The van der Waals surface area contributed by atoms with Crippen molar-refractivity contribution in [1.29, 1.82) is 0 Å². The van der Waals surface area contributed by atoms with Crippen LogP contribution in [-0.2, 0) is 12.5 Å². The predicted octanol–water partition coefficient (Wildman–Crippen LogP) is 1.14. The molecule has 84 valence electrons. The van der Waals surface area contributed by atoms with Crippen molar-refractivity contribution < 1.29 is 4.39 Å². The summed E-state index contributed by atoms with van der Waals surface area (Å²) in [4.78, 5) is 11.8. The average molecular weight is 231 g/mol. The van der Waals surface area contributed by atoms with Crippen molar-refractivity contribution in [2.75, 3.05) is 12.9 Å². The van der Waals surface area contributed by atoms with Crippen LogP contribution in [0.25, 0.3) is 0 Å². The van der Waals surface area contributed by atoms with Crippen LogP contribution in [0.1, 0.15) is 19.5 Å². The van der Waals surface area contributed by atoms with Gasteiger partial charge in [0, 0.05) is 12.5 Å². The lowest BCUT2D eigenvalue weighted by Crippen LogP contribution is -2.35. The Morgan fingerprint density at radius 1 is 1.47 bits per heavy atom. The molecule has 0 atom stereocenters. The van der Waals surface area contributed by atoms with Crippen LogP contribution in [0.5, 0.6) is 0 Å². The molecule has 1 aromatic heterocycles. The third-order valence-corrected chi connectivity index (χ3v) is 2.91. The maximum absolute atomic E-state index is 12.7. The van der Waals surface area contributed by atoms with E-state index in [1.165, 1.54) is 16.3 Å². The molecule has 0 spiro atoms. The Balaban J connectivity index is 3.37. The Kier molecular flexibility index (Phi) is 3.49. The van der Waals surface area contributed by atoms with Gasteiger partial charge in [-0.2, -0.15) is 0 Å². The van der Waals surface area contributed by atoms with Crippen LogP contribution in [0.2, 0.25) is 0 Å². The molecule has 15 heavy (non-hydrogen) atoms. The molecule has 0 saturated carbocycles. The lowest BCUT2D eigenvalue weighted by Gasteiger charge is -2.18. The number of rotatable bonds is 3. The monoisotopic (exact) mass is 231 g/mol. The van der Waals surface area contributed by atoms with E-state index in [-0.39, 0.29) is 11.3 Å². The minimum atomic E-state index is -0.876. The summed E-state index contributed by atoms with van der Waals surface area (Å²) in [6.45, 7) is 2.64. The van der Waals surface area contributed by atoms with E-state index in [1.54, 1.807) is 20.9 Å². The predicted molar refractivity (Wildman–Crippen MR) is 58.1 cm³/mol. The highest BCUT2D eigenvalue weighted by molar-refractivity contribution is 7.98. The third-order valence-electron chi connectivity index (χ3n) is 2.19. The highest BCUT2D eigenvalue weighted by Crippen LogP contribution is 2.18. The van der Waals surface area contributed by atoms with Crippen molar-refractivity contribution in [2.24, 2.45) is 7.05 Å². The van der Waals surface area contributed by atoms with Crippen LogP contribution >= 0.6 is 11.8 Å². The molecule has 0 amide bonds. The Hall–Kier alpha value is -0.910. The summed E-state index contributed by atoms with van der Waals surface area (Å²) in [5.74, 6) is 0. The molecular formula is C9H14FN3OS. The summed E-state index contributed by atoms with van der Waals surface area (Å²) < 4.78 is 14.1. The fourth-order valence-electron chi connectivity index (χ4n) is 1.11. The molecule has 0 aliphatic heterocycles. The van der Waals surface area contributed by atoms with E-state index >= 15 is 0 Å². The van der Waals surface area contributed by atoms with Crippen LogP contribution in [0, 0.1) is 0 Å². The molecule has 0 unspecified atom stereocenters. The molecule has 0 N–H and O–H groups in total. The minimum absolute atomic E-state index is 0.172. The zero-order chi connectivity index (χ0) is 11.6. The quantitative estimate of drug-likeness (QED) is 0.732. The van der Waals surface area contributed by atoms with Crippen LogP contribution in [0.15, 0.2) is 9.95 Å². The van der Waals surface area contributed by atoms with Gasteiger partial charge in [0.2, 0.25) is 0 Å². The lowest BCUT2D eigenvalue weighted by molar-refractivity contribution is 0.334. The molecule has 0 bridgehead atoms. The van der Waals surface area contributed by atoms with Gasteiger partial charge in [0.25, 0.3) is 5.56 Å². The Bertz CT molecular complexity index is 416. The summed E-state index contributed by atoms with van der Waals surface area (Å²) in [6.07, 6.45) is 1.81. The van der Waals surface area contributed by atoms with E-state index in [4.69, 9.17) is 0 Å². The summed E-state index contributed by atoms with van der Waals surface area (Å²) in [7, 11) is 1.61. The summed E-state index contributed by atoms with van der Waals surface area (Å²) in [5, 5.41) is 8.22. The van der Waals surface area contributed by atoms with Gasteiger partial charge >= 0.3 is 0 Å². The highest BCUT2D eigenvalue weighted by Gasteiger charge is 2.27. The van der Waals surface area contributed by atoms with Gasteiger partial charge in [0.05, 0.1) is 0 Å². The van der Waals surface area contributed by atoms with E-state index in [0.717, 1.165) is 0 Å². The Labute approximate surface area is 91.9 Å². The van der Waals surface area contributed by atoms with Crippen LogP contribution < -0.4 is 5.56 Å². The van der Waals surface area contributed by atoms with Crippen molar-refractivity contribution in [1.82, 2.24) is 14.8 Å². The lowest BCUT2D eigenvalue weighted by atomic mass is 9.91. The molecule has 0 aliphatic carbocycles. The van der Waals surface area contributed by atoms with Crippen molar-refractivity contribution in [3.05, 3.63) is 16.0 Å². The largest absolute Gasteiger partial charge is 0.288 e. The number of thioether (sulfide) groups is 1. The molecule has 1 aromatic rings. The molecule has 0 fully saturated rings. The topological polar surface area (TPSA) is 47.8 Å². The molecule has 0 aromatic carbocycles. The fourth-order valence-corrected chi connectivity index (χ4v) is 1.59. The molecule has 0 saturated heterocycles. The van der Waals surface area contributed by atoms with E-state index in [2.05, 4.69) is 10.2 Å². The van der Waals surface area contributed by atoms with Gasteiger partial charge in [-0.15, -0.1) is 10.2 Å². The van der Waals surface area contributed by atoms with Crippen molar-refractivity contribution in [3.63, 3.8) is 0 Å². The number of aromatic nitrogens is 3. The Morgan fingerprint density at radius 2 is 2.07 bits per heavy atom. The number of hydrogen-bond donors (Lipinski definition) is 0. The third kappa shape index (κ3) is 2.19. The minimum Gasteiger partial charge on any atom is -0.288 e. The SMILES string of the molecule is CSc1nnc(C(C)(C)CF)c(=O)n1C. The molecule has 1 heterocycles. The van der Waals surface area contributed by atoms with E-state index in [0.29, 0.717) is 5.16 Å². The Morgan fingerprint density at radius 3 is 2.53 bits per heavy atom. The average Bonchev–Trinajstić information content (AvgIpc) is 2.21. The molecule has 0 aliphatic rings. The van der Waals surface area contributed by atoms with Gasteiger partial charge in [-0.25, -0.2) is 0 Å².